The number of aliphatic hydroxyl groups excluding tert-OH is 4. The van der Waals surface area contributed by atoms with E-state index in [4.69, 9.17) is 18.9 Å². The molecule has 4 N–H and O–H groups in total. The first-order valence-electron chi connectivity index (χ1n) is 22.4. The molecule has 1 aliphatic heterocycles. The van der Waals surface area contributed by atoms with Gasteiger partial charge in [-0.25, -0.2) is 0 Å². The molecule has 0 aliphatic carbocycles. The highest BCUT2D eigenvalue weighted by Gasteiger charge is 2.44. The van der Waals surface area contributed by atoms with Gasteiger partial charge in [0.15, 0.2) is 12.4 Å². The van der Waals surface area contributed by atoms with Crippen LogP contribution >= 0.6 is 0 Å². The molecule has 322 valence electrons. The van der Waals surface area contributed by atoms with Crippen molar-refractivity contribution in [2.45, 2.75) is 230 Å². The SMILES string of the molecule is CCCCC/C=C/C/C=C/CCCCCCCC(=O)O[C@@H](COC(=O)CCCCCCCCCCCCCCCCC)CO[C@H]1O[C@@H](CO)[C@@H](O)C(O)C1O. The number of unbranched alkanes of at least 4 members (excludes halogenated alkanes) is 22. The van der Waals surface area contributed by atoms with Crippen molar-refractivity contribution in [1.82, 2.24) is 0 Å². The second-order valence-corrected chi connectivity index (χ2v) is 15.5. The monoisotopic (exact) mass is 783 g/mol. The standard InChI is InChI=1S/C45H82O10/c1-3-5-7-9-11-13-15-17-19-21-23-25-27-29-31-33-40(47)52-36-38(37-53-45-44(51)43(50)42(49)39(35-46)55-45)54-41(48)34-32-30-28-26-24-22-20-18-16-14-12-10-8-6-4-2/h12,14,18,20,38-39,42-46,49-51H,3-11,13,15-17,19,21-37H2,1-2H3/b14-12+,20-18+/t38-,39-,42+,43?,44?,45-/m0/s1. The Morgan fingerprint density at radius 3 is 1.55 bits per heavy atom. The molecule has 0 aromatic carbocycles. The fourth-order valence-corrected chi connectivity index (χ4v) is 6.75. The molecule has 2 unspecified atom stereocenters. The number of rotatable bonds is 37. The molecule has 0 radical (unpaired) electrons. The van der Waals surface area contributed by atoms with Crippen LogP contribution in [0.4, 0.5) is 0 Å². The molecule has 0 amide bonds. The predicted molar refractivity (Wildman–Crippen MR) is 219 cm³/mol. The summed E-state index contributed by atoms with van der Waals surface area (Å²) in [4.78, 5) is 25.3. The van der Waals surface area contributed by atoms with Gasteiger partial charge in [0.1, 0.15) is 31.0 Å². The van der Waals surface area contributed by atoms with Crippen LogP contribution in [0.3, 0.4) is 0 Å². The molecule has 1 saturated heterocycles. The van der Waals surface area contributed by atoms with Crippen molar-refractivity contribution in [2.24, 2.45) is 0 Å². The van der Waals surface area contributed by atoms with E-state index in [1.807, 2.05) is 0 Å². The highest BCUT2D eigenvalue weighted by Crippen LogP contribution is 2.23. The number of carbonyl (C=O) groups is 2. The molecule has 1 heterocycles. The van der Waals surface area contributed by atoms with Crippen molar-refractivity contribution in [3.8, 4) is 0 Å². The van der Waals surface area contributed by atoms with Crippen molar-refractivity contribution in [1.29, 1.82) is 0 Å². The zero-order chi connectivity index (χ0) is 40.2. The van der Waals surface area contributed by atoms with E-state index >= 15 is 0 Å². The Bertz CT molecular complexity index is 954. The van der Waals surface area contributed by atoms with Gasteiger partial charge in [-0.2, -0.15) is 0 Å². The second kappa shape index (κ2) is 36.5. The van der Waals surface area contributed by atoms with E-state index in [1.165, 1.54) is 103 Å². The Balaban J connectivity index is 2.34. The van der Waals surface area contributed by atoms with Crippen LogP contribution in [-0.2, 0) is 28.5 Å². The molecule has 0 aromatic heterocycles. The third-order valence-corrected chi connectivity index (χ3v) is 10.3. The summed E-state index contributed by atoms with van der Waals surface area (Å²) in [6.07, 6.45) is 31.8. The van der Waals surface area contributed by atoms with Crippen molar-refractivity contribution in [2.75, 3.05) is 19.8 Å². The van der Waals surface area contributed by atoms with Gasteiger partial charge < -0.3 is 39.4 Å². The second-order valence-electron chi connectivity index (χ2n) is 15.5. The van der Waals surface area contributed by atoms with Gasteiger partial charge in [0.2, 0.25) is 0 Å². The zero-order valence-electron chi connectivity index (χ0n) is 34.9. The first-order valence-corrected chi connectivity index (χ1v) is 22.4. The third-order valence-electron chi connectivity index (χ3n) is 10.3. The van der Waals surface area contributed by atoms with Gasteiger partial charge in [0.25, 0.3) is 0 Å². The number of hydrogen-bond donors (Lipinski definition) is 4. The zero-order valence-corrected chi connectivity index (χ0v) is 34.9. The molecule has 1 rings (SSSR count). The van der Waals surface area contributed by atoms with E-state index in [0.717, 1.165) is 57.8 Å². The Labute approximate surface area is 334 Å². The molecule has 0 aromatic rings. The average molecular weight is 783 g/mol. The molecule has 10 heteroatoms. The maximum absolute atomic E-state index is 12.8. The number of esters is 2. The van der Waals surface area contributed by atoms with Gasteiger partial charge in [-0.3, -0.25) is 9.59 Å². The molecular weight excluding hydrogens is 700 g/mol. The first kappa shape index (κ1) is 51.2. The lowest BCUT2D eigenvalue weighted by molar-refractivity contribution is -0.305. The molecular formula is C45H82O10. The Kier molecular flexibility index (Phi) is 34.0. The minimum Gasteiger partial charge on any atom is -0.462 e. The number of aliphatic hydroxyl groups is 4. The summed E-state index contributed by atoms with van der Waals surface area (Å²) in [5.74, 6) is -0.816. The van der Waals surface area contributed by atoms with E-state index in [2.05, 4.69) is 38.2 Å². The summed E-state index contributed by atoms with van der Waals surface area (Å²) in [6, 6.07) is 0. The fourth-order valence-electron chi connectivity index (χ4n) is 6.75. The van der Waals surface area contributed by atoms with Crippen LogP contribution in [0.2, 0.25) is 0 Å². The van der Waals surface area contributed by atoms with Crippen LogP contribution in [0.15, 0.2) is 24.3 Å². The number of ether oxygens (including phenoxy) is 4. The summed E-state index contributed by atoms with van der Waals surface area (Å²) >= 11 is 0. The van der Waals surface area contributed by atoms with Gasteiger partial charge in [0.05, 0.1) is 13.2 Å². The van der Waals surface area contributed by atoms with Crippen LogP contribution < -0.4 is 0 Å². The summed E-state index contributed by atoms with van der Waals surface area (Å²) in [5.41, 5.74) is 0. The largest absolute Gasteiger partial charge is 0.462 e. The topological polar surface area (TPSA) is 152 Å². The van der Waals surface area contributed by atoms with Crippen molar-refractivity contribution in [3.63, 3.8) is 0 Å². The van der Waals surface area contributed by atoms with Crippen molar-refractivity contribution < 1.29 is 49.0 Å². The van der Waals surface area contributed by atoms with Gasteiger partial charge in [0, 0.05) is 12.8 Å². The van der Waals surface area contributed by atoms with Crippen LogP contribution in [0.1, 0.15) is 194 Å². The highest BCUT2D eigenvalue weighted by atomic mass is 16.7. The lowest BCUT2D eigenvalue weighted by Gasteiger charge is -2.39. The van der Waals surface area contributed by atoms with Gasteiger partial charge in [-0.05, 0) is 44.9 Å². The van der Waals surface area contributed by atoms with Gasteiger partial charge in [-0.1, -0.05) is 160 Å². The van der Waals surface area contributed by atoms with Gasteiger partial charge in [-0.15, -0.1) is 0 Å². The minimum atomic E-state index is -1.59. The van der Waals surface area contributed by atoms with E-state index < -0.39 is 49.4 Å². The van der Waals surface area contributed by atoms with Crippen LogP contribution in [0, 0.1) is 0 Å². The van der Waals surface area contributed by atoms with Crippen LogP contribution in [-0.4, -0.2) is 89.0 Å². The van der Waals surface area contributed by atoms with Crippen LogP contribution in [0.5, 0.6) is 0 Å². The lowest BCUT2D eigenvalue weighted by atomic mass is 9.99. The molecule has 1 fully saturated rings. The Hall–Kier alpha value is -1.82. The molecule has 0 bridgehead atoms. The van der Waals surface area contributed by atoms with Gasteiger partial charge >= 0.3 is 11.9 Å². The molecule has 55 heavy (non-hydrogen) atoms. The highest BCUT2D eigenvalue weighted by molar-refractivity contribution is 5.70. The number of hydrogen-bond acceptors (Lipinski definition) is 10. The van der Waals surface area contributed by atoms with Crippen LogP contribution in [0.25, 0.3) is 0 Å². The normalized spacial score (nSPS) is 20.7. The maximum Gasteiger partial charge on any atom is 0.306 e. The van der Waals surface area contributed by atoms with Crippen molar-refractivity contribution in [3.05, 3.63) is 24.3 Å². The smallest absolute Gasteiger partial charge is 0.306 e. The quantitative estimate of drug-likeness (QED) is 0.0273. The minimum absolute atomic E-state index is 0.216. The summed E-state index contributed by atoms with van der Waals surface area (Å²) in [7, 11) is 0. The molecule has 6 atom stereocenters. The summed E-state index contributed by atoms with van der Waals surface area (Å²) in [5, 5.41) is 40.0. The van der Waals surface area contributed by atoms with Crippen molar-refractivity contribution >= 4 is 11.9 Å². The Morgan fingerprint density at radius 1 is 0.564 bits per heavy atom. The van der Waals surface area contributed by atoms with E-state index in [9.17, 15) is 30.0 Å². The number of carbonyl (C=O) groups excluding carboxylic acids is 2. The summed E-state index contributed by atoms with van der Waals surface area (Å²) < 4.78 is 22.1. The molecule has 0 saturated carbocycles. The lowest BCUT2D eigenvalue weighted by Crippen LogP contribution is -2.59. The first-order chi connectivity index (χ1) is 26.8. The van der Waals surface area contributed by atoms with E-state index in [1.54, 1.807) is 0 Å². The third kappa shape index (κ3) is 28.3. The fraction of sp³-hybridized carbons (Fsp3) is 0.867. The Morgan fingerprint density at radius 2 is 1.02 bits per heavy atom. The average Bonchev–Trinajstić information content (AvgIpc) is 3.18. The molecule has 1 aliphatic rings. The van der Waals surface area contributed by atoms with E-state index in [-0.39, 0.29) is 32.0 Å². The number of allylic oxidation sites excluding steroid dienone is 4. The summed E-state index contributed by atoms with van der Waals surface area (Å²) in [6.45, 7) is 3.39. The van der Waals surface area contributed by atoms with E-state index in [0.29, 0.717) is 6.42 Å². The molecule has 10 nitrogen and oxygen atoms in total. The predicted octanol–water partition coefficient (Wildman–Crippen LogP) is 9.33. The molecule has 0 spiro atoms. The maximum atomic E-state index is 12.8.